The fourth-order valence-electron chi connectivity index (χ4n) is 4.67. The van der Waals surface area contributed by atoms with Gasteiger partial charge in [0.05, 0.1) is 34.0 Å². The van der Waals surface area contributed by atoms with Crippen molar-refractivity contribution in [3.63, 3.8) is 0 Å². The van der Waals surface area contributed by atoms with Crippen molar-refractivity contribution < 1.29 is 24.1 Å². The number of anilines is 1. The van der Waals surface area contributed by atoms with E-state index in [9.17, 15) is 9.90 Å². The summed E-state index contributed by atoms with van der Waals surface area (Å²) < 4.78 is 17.4. The molecule has 0 radical (unpaired) electrons. The van der Waals surface area contributed by atoms with Gasteiger partial charge in [0.15, 0.2) is 11.5 Å². The van der Waals surface area contributed by atoms with Crippen LogP contribution in [0.2, 0.25) is 0 Å². The van der Waals surface area contributed by atoms with Gasteiger partial charge >= 0.3 is 0 Å². The lowest BCUT2D eigenvalue weighted by atomic mass is 10.1. The summed E-state index contributed by atoms with van der Waals surface area (Å²) in [6.45, 7) is 4.67. The highest BCUT2D eigenvalue weighted by Gasteiger charge is 2.18. The van der Waals surface area contributed by atoms with E-state index in [1.165, 1.54) is 71.1 Å². The number of methoxy groups -OCH3 is 2. The van der Waals surface area contributed by atoms with Gasteiger partial charge < -0.3 is 24.2 Å². The molecule has 0 heterocycles. The molecule has 0 unspecified atom stereocenters. The number of amides is 1. The number of carbonyl (C=O) groups excluding carboxylic acids is 1. The summed E-state index contributed by atoms with van der Waals surface area (Å²) in [5.41, 5.74) is 2.35. The Hall–Kier alpha value is -2.73. The summed E-state index contributed by atoms with van der Waals surface area (Å²) in [5, 5.41) is 9.48. The summed E-state index contributed by atoms with van der Waals surface area (Å²) in [7, 11) is 3.23. The number of hydrogen-bond donors (Lipinski definition) is 1. The van der Waals surface area contributed by atoms with Crippen molar-refractivity contribution in [3.8, 4) is 17.2 Å². The smallest absolute Gasteiger partial charge is 0.224 e. The van der Waals surface area contributed by atoms with Crippen LogP contribution < -0.4 is 19.1 Å². The predicted molar refractivity (Wildman–Crippen MR) is 155 cm³/mol. The molecule has 2 aromatic carbocycles. The summed E-state index contributed by atoms with van der Waals surface area (Å²) in [5.74, 6) is 1.68. The molecule has 212 valence electrons. The Morgan fingerprint density at radius 1 is 0.789 bits per heavy atom. The molecule has 2 rings (SSSR count). The van der Waals surface area contributed by atoms with E-state index in [-0.39, 0.29) is 12.5 Å². The average Bonchev–Trinajstić information content (AvgIpc) is 2.94. The number of nitrogens with zero attached hydrogens (tertiary/aromatic N) is 1. The number of aliphatic hydroxyl groups is 1. The summed E-state index contributed by atoms with van der Waals surface area (Å²) in [6, 6.07) is 11.1. The van der Waals surface area contributed by atoms with E-state index >= 15 is 0 Å². The van der Waals surface area contributed by atoms with Crippen molar-refractivity contribution in [2.45, 2.75) is 104 Å². The van der Waals surface area contributed by atoms with Crippen LogP contribution in [0.15, 0.2) is 36.4 Å². The molecule has 6 heteroatoms. The Bertz CT molecular complexity index is 920. The van der Waals surface area contributed by atoms with Crippen molar-refractivity contribution >= 4 is 11.6 Å². The van der Waals surface area contributed by atoms with Gasteiger partial charge in [-0.2, -0.15) is 0 Å². The van der Waals surface area contributed by atoms with Crippen molar-refractivity contribution in [1.82, 2.24) is 0 Å². The van der Waals surface area contributed by atoms with Crippen LogP contribution in [0.5, 0.6) is 17.2 Å². The van der Waals surface area contributed by atoms with E-state index in [0.717, 1.165) is 29.7 Å². The largest absolute Gasteiger partial charge is 0.493 e. The molecule has 2 aromatic rings. The molecular weight excluding hydrogens is 478 g/mol. The molecule has 0 aliphatic rings. The molecule has 6 nitrogen and oxygen atoms in total. The third-order valence-corrected chi connectivity index (χ3v) is 6.89. The number of ether oxygens (including phenoxy) is 3. The minimum absolute atomic E-state index is 0.0769. The topological polar surface area (TPSA) is 68.2 Å². The highest BCUT2D eigenvalue weighted by molar-refractivity contribution is 5.91. The first kappa shape index (κ1) is 31.5. The van der Waals surface area contributed by atoms with Crippen LogP contribution in [0, 0.1) is 0 Å². The maximum absolute atomic E-state index is 12.5. The quantitative estimate of drug-likeness (QED) is 0.178. The third kappa shape index (κ3) is 10.9. The molecule has 0 saturated heterocycles. The SMILES string of the molecule is CCCCCCCCCCCCCCOc1c(OC)cc(CN(C(C)=O)c2cccc(CO)c2)cc1OC. The van der Waals surface area contributed by atoms with Crippen LogP contribution in [0.3, 0.4) is 0 Å². The molecule has 0 bridgehead atoms. The highest BCUT2D eigenvalue weighted by atomic mass is 16.5. The molecule has 1 N–H and O–H groups in total. The number of rotatable bonds is 20. The Morgan fingerprint density at radius 3 is 1.84 bits per heavy atom. The van der Waals surface area contributed by atoms with Gasteiger partial charge in [0.1, 0.15) is 0 Å². The van der Waals surface area contributed by atoms with E-state index in [1.807, 2.05) is 36.4 Å². The zero-order valence-electron chi connectivity index (χ0n) is 24.1. The molecule has 0 saturated carbocycles. The highest BCUT2D eigenvalue weighted by Crippen LogP contribution is 2.39. The van der Waals surface area contributed by atoms with Gasteiger partial charge in [-0.15, -0.1) is 0 Å². The van der Waals surface area contributed by atoms with Gasteiger partial charge in [-0.3, -0.25) is 4.79 Å². The second-order valence-electron chi connectivity index (χ2n) is 10.0. The zero-order chi connectivity index (χ0) is 27.6. The number of hydrogen-bond acceptors (Lipinski definition) is 5. The van der Waals surface area contributed by atoms with Gasteiger partial charge in [-0.25, -0.2) is 0 Å². The summed E-state index contributed by atoms with van der Waals surface area (Å²) in [6.07, 6.45) is 15.6. The summed E-state index contributed by atoms with van der Waals surface area (Å²) >= 11 is 0. The minimum atomic E-state index is -0.0923. The standard InChI is InChI=1S/C32H49NO5/c1-5-6-7-8-9-10-11-12-13-14-15-16-20-38-32-30(36-3)22-28(23-31(32)37-4)24-33(26(2)35)29-19-17-18-27(21-29)25-34/h17-19,21-23,34H,5-16,20,24-25H2,1-4H3. The van der Waals surface area contributed by atoms with E-state index in [4.69, 9.17) is 14.2 Å². The molecule has 0 fully saturated rings. The number of benzene rings is 2. The minimum Gasteiger partial charge on any atom is -0.493 e. The van der Waals surface area contributed by atoms with Crippen LogP contribution in [-0.4, -0.2) is 31.8 Å². The lowest BCUT2D eigenvalue weighted by molar-refractivity contribution is -0.116. The molecule has 0 atom stereocenters. The lowest BCUT2D eigenvalue weighted by Crippen LogP contribution is -2.28. The molecule has 0 aliphatic carbocycles. The Labute approximate surface area is 230 Å². The van der Waals surface area contributed by atoms with Crippen molar-refractivity contribution in [2.24, 2.45) is 0 Å². The first-order valence-corrected chi connectivity index (χ1v) is 14.4. The second kappa shape index (κ2) is 18.5. The van der Waals surface area contributed by atoms with Crippen LogP contribution in [0.4, 0.5) is 5.69 Å². The lowest BCUT2D eigenvalue weighted by Gasteiger charge is -2.23. The van der Waals surface area contributed by atoms with Crippen LogP contribution >= 0.6 is 0 Å². The van der Waals surface area contributed by atoms with E-state index in [0.29, 0.717) is 30.4 Å². The Morgan fingerprint density at radius 2 is 1.34 bits per heavy atom. The number of carbonyl (C=O) groups is 1. The van der Waals surface area contributed by atoms with Gasteiger partial charge in [0, 0.05) is 12.6 Å². The Kier molecular flexibility index (Phi) is 15.3. The van der Waals surface area contributed by atoms with Gasteiger partial charge in [-0.1, -0.05) is 89.7 Å². The van der Waals surface area contributed by atoms with E-state index in [2.05, 4.69) is 6.92 Å². The normalized spacial score (nSPS) is 10.9. The first-order chi connectivity index (χ1) is 18.5. The first-order valence-electron chi connectivity index (χ1n) is 14.4. The van der Waals surface area contributed by atoms with Crippen LogP contribution in [0.1, 0.15) is 102 Å². The monoisotopic (exact) mass is 527 g/mol. The molecule has 0 spiro atoms. The molecule has 1 amide bonds. The zero-order valence-corrected chi connectivity index (χ0v) is 24.1. The number of unbranched alkanes of at least 4 members (excludes halogenated alkanes) is 11. The molecule has 38 heavy (non-hydrogen) atoms. The molecular formula is C32H49NO5. The van der Waals surface area contributed by atoms with Crippen molar-refractivity contribution in [1.29, 1.82) is 0 Å². The number of aliphatic hydroxyl groups excluding tert-OH is 1. The van der Waals surface area contributed by atoms with Crippen LogP contribution in [0.25, 0.3) is 0 Å². The average molecular weight is 528 g/mol. The molecule has 0 aliphatic heterocycles. The van der Waals surface area contributed by atoms with Gasteiger partial charge in [-0.05, 0) is 41.8 Å². The van der Waals surface area contributed by atoms with Gasteiger partial charge in [0.25, 0.3) is 0 Å². The van der Waals surface area contributed by atoms with E-state index < -0.39 is 0 Å². The third-order valence-electron chi connectivity index (χ3n) is 6.89. The van der Waals surface area contributed by atoms with Crippen molar-refractivity contribution in [3.05, 3.63) is 47.5 Å². The summed E-state index contributed by atoms with van der Waals surface area (Å²) in [4.78, 5) is 14.1. The fourth-order valence-corrected chi connectivity index (χ4v) is 4.67. The molecule has 0 aromatic heterocycles. The van der Waals surface area contributed by atoms with E-state index in [1.54, 1.807) is 19.1 Å². The fraction of sp³-hybridized carbons (Fsp3) is 0.594. The Balaban J connectivity index is 1.85. The maximum Gasteiger partial charge on any atom is 0.224 e. The maximum atomic E-state index is 12.5. The van der Waals surface area contributed by atoms with Crippen LogP contribution in [-0.2, 0) is 17.9 Å². The predicted octanol–water partition coefficient (Wildman–Crippen LogP) is 7.83. The van der Waals surface area contributed by atoms with Crippen molar-refractivity contribution in [2.75, 3.05) is 25.7 Å². The second-order valence-corrected chi connectivity index (χ2v) is 10.0. The van der Waals surface area contributed by atoms with Gasteiger partial charge in [0.2, 0.25) is 11.7 Å².